The Kier molecular flexibility index (Phi) is 3.43. The highest BCUT2D eigenvalue weighted by Gasteiger charge is 2.49. The fourth-order valence-electron chi connectivity index (χ4n) is 3.44. The van der Waals surface area contributed by atoms with Crippen LogP contribution in [0.3, 0.4) is 0 Å². The lowest BCUT2D eigenvalue weighted by Gasteiger charge is -2.22. The Bertz CT molecular complexity index is 964. The molecule has 5 heterocycles. The highest BCUT2D eigenvalue weighted by atomic mass is 16.5. The average Bonchev–Trinajstić information content (AvgIpc) is 3.44. The van der Waals surface area contributed by atoms with Gasteiger partial charge in [-0.15, -0.1) is 0 Å². The number of ketones is 1. The number of ether oxygens (including phenoxy) is 1. The number of hydrogen-bond donors (Lipinski definition) is 0. The first-order valence-corrected chi connectivity index (χ1v) is 8.29. The molecule has 6 heteroatoms. The minimum Gasteiger partial charge on any atom is -0.465 e. The van der Waals surface area contributed by atoms with Gasteiger partial charge in [0.1, 0.15) is 11.5 Å². The first kappa shape index (κ1) is 15.0. The second-order valence-corrected chi connectivity index (χ2v) is 6.11. The van der Waals surface area contributed by atoms with Crippen molar-refractivity contribution in [2.75, 3.05) is 6.61 Å². The molecule has 0 aliphatic carbocycles. The van der Waals surface area contributed by atoms with Gasteiger partial charge in [0.15, 0.2) is 12.0 Å². The SMILES string of the molecule is O=C1/C(=C/c2ccco2)[C@H]2COC(c3ccco3)N2/C1=C/c1ccco1. The summed E-state index contributed by atoms with van der Waals surface area (Å²) in [6, 6.07) is 10.6. The van der Waals surface area contributed by atoms with Crippen molar-refractivity contribution in [1.82, 2.24) is 4.90 Å². The Hall–Kier alpha value is -3.25. The fourth-order valence-corrected chi connectivity index (χ4v) is 3.44. The molecule has 2 atom stereocenters. The van der Waals surface area contributed by atoms with E-state index in [0.29, 0.717) is 35.2 Å². The zero-order chi connectivity index (χ0) is 17.5. The molecular formula is C20H15NO5. The smallest absolute Gasteiger partial charge is 0.207 e. The van der Waals surface area contributed by atoms with Crippen molar-refractivity contribution in [2.45, 2.75) is 12.3 Å². The standard InChI is InChI=1S/C20H15NO5/c22-19-15(10-13-4-1-7-23-13)17-12-26-20(18-6-3-9-25-18)21(17)16(19)11-14-5-2-8-24-14/h1-11,17,20H,12H2/b15-10+,16-11+/t17-,20?/m1/s1. The molecule has 3 aromatic heterocycles. The van der Waals surface area contributed by atoms with Crippen molar-refractivity contribution in [1.29, 1.82) is 0 Å². The number of rotatable bonds is 3. The minimum absolute atomic E-state index is 0.0670. The van der Waals surface area contributed by atoms with Gasteiger partial charge in [-0.05, 0) is 42.5 Å². The summed E-state index contributed by atoms with van der Waals surface area (Å²) in [5.41, 5.74) is 1.15. The molecule has 2 saturated heterocycles. The second kappa shape index (κ2) is 5.93. The van der Waals surface area contributed by atoms with Crippen LogP contribution >= 0.6 is 0 Å². The molecule has 2 aliphatic heterocycles. The summed E-state index contributed by atoms with van der Waals surface area (Å²) in [7, 11) is 0. The van der Waals surface area contributed by atoms with E-state index in [9.17, 15) is 4.79 Å². The Labute approximate surface area is 148 Å². The molecule has 0 bridgehead atoms. The molecule has 2 aliphatic rings. The first-order valence-electron chi connectivity index (χ1n) is 8.29. The van der Waals surface area contributed by atoms with E-state index in [1.165, 1.54) is 0 Å². The molecular weight excluding hydrogens is 334 g/mol. The third-order valence-electron chi connectivity index (χ3n) is 4.58. The summed E-state index contributed by atoms with van der Waals surface area (Å²) >= 11 is 0. The van der Waals surface area contributed by atoms with Gasteiger partial charge < -0.3 is 22.9 Å². The molecule has 0 spiro atoms. The van der Waals surface area contributed by atoms with E-state index in [0.717, 1.165) is 0 Å². The van der Waals surface area contributed by atoms with E-state index in [-0.39, 0.29) is 11.8 Å². The Balaban J connectivity index is 1.61. The number of Topliss-reactive ketones (excluding diaryl/α,β-unsaturated/α-hetero) is 1. The normalized spacial score (nSPS) is 25.5. The topological polar surface area (TPSA) is 69.0 Å². The third-order valence-corrected chi connectivity index (χ3v) is 4.58. The molecule has 0 saturated carbocycles. The van der Waals surface area contributed by atoms with Crippen molar-refractivity contribution in [3.05, 3.63) is 83.7 Å². The molecule has 2 fully saturated rings. The van der Waals surface area contributed by atoms with E-state index < -0.39 is 6.23 Å². The molecule has 1 unspecified atom stereocenters. The summed E-state index contributed by atoms with van der Waals surface area (Å²) in [6.07, 6.45) is 7.81. The maximum atomic E-state index is 13.1. The molecule has 6 nitrogen and oxygen atoms in total. The minimum atomic E-state index is -0.456. The van der Waals surface area contributed by atoms with Gasteiger partial charge in [0.2, 0.25) is 5.78 Å². The van der Waals surface area contributed by atoms with Crippen LogP contribution in [-0.4, -0.2) is 23.3 Å². The Morgan fingerprint density at radius 3 is 2.27 bits per heavy atom. The summed E-state index contributed by atoms with van der Waals surface area (Å²) in [5, 5.41) is 0. The predicted molar refractivity (Wildman–Crippen MR) is 91.4 cm³/mol. The number of nitrogens with zero attached hydrogens (tertiary/aromatic N) is 1. The highest BCUT2D eigenvalue weighted by molar-refractivity contribution is 6.16. The van der Waals surface area contributed by atoms with E-state index in [2.05, 4.69) is 0 Å². The average molecular weight is 349 g/mol. The zero-order valence-corrected chi connectivity index (χ0v) is 13.7. The van der Waals surface area contributed by atoms with Crippen LogP contribution in [0.15, 0.2) is 79.7 Å². The summed E-state index contributed by atoms with van der Waals surface area (Å²) in [4.78, 5) is 15.1. The van der Waals surface area contributed by atoms with Gasteiger partial charge in [-0.2, -0.15) is 0 Å². The van der Waals surface area contributed by atoms with E-state index in [1.54, 1.807) is 49.1 Å². The number of hydrogen-bond acceptors (Lipinski definition) is 6. The first-order chi connectivity index (χ1) is 12.8. The van der Waals surface area contributed by atoms with Crippen LogP contribution in [-0.2, 0) is 9.53 Å². The lowest BCUT2D eigenvalue weighted by Crippen LogP contribution is -2.26. The van der Waals surface area contributed by atoms with E-state index in [1.807, 2.05) is 23.1 Å². The van der Waals surface area contributed by atoms with Crippen LogP contribution in [0.25, 0.3) is 12.2 Å². The van der Waals surface area contributed by atoms with Gasteiger partial charge in [-0.3, -0.25) is 4.79 Å². The molecule has 0 radical (unpaired) electrons. The maximum Gasteiger partial charge on any atom is 0.207 e. The molecule has 130 valence electrons. The monoisotopic (exact) mass is 349 g/mol. The fraction of sp³-hybridized carbons (Fsp3) is 0.150. The summed E-state index contributed by atoms with van der Waals surface area (Å²) in [6.45, 7) is 0.388. The number of carbonyl (C=O) groups is 1. The van der Waals surface area contributed by atoms with Crippen LogP contribution in [0.5, 0.6) is 0 Å². The van der Waals surface area contributed by atoms with Crippen LogP contribution < -0.4 is 0 Å². The maximum absolute atomic E-state index is 13.1. The van der Waals surface area contributed by atoms with Crippen molar-refractivity contribution in [3.8, 4) is 0 Å². The number of carbonyl (C=O) groups excluding carboxylic acids is 1. The molecule has 5 rings (SSSR count). The van der Waals surface area contributed by atoms with Gasteiger partial charge >= 0.3 is 0 Å². The van der Waals surface area contributed by atoms with Gasteiger partial charge in [0, 0.05) is 11.6 Å². The third kappa shape index (κ3) is 2.34. The van der Waals surface area contributed by atoms with Crippen LogP contribution in [0, 0.1) is 0 Å². The Morgan fingerprint density at radius 2 is 1.62 bits per heavy atom. The molecule has 0 N–H and O–H groups in total. The van der Waals surface area contributed by atoms with E-state index in [4.69, 9.17) is 18.0 Å². The van der Waals surface area contributed by atoms with Gasteiger partial charge in [0.05, 0.1) is 37.1 Å². The number of furan rings is 3. The summed E-state index contributed by atoms with van der Waals surface area (Å²) in [5.74, 6) is 1.83. The largest absolute Gasteiger partial charge is 0.465 e. The lowest BCUT2D eigenvalue weighted by molar-refractivity contribution is -0.112. The second-order valence-electron chi connectivity index (χ2n) is 6.11. The van der Waals surface area contributed by atoms with Crippen LogP contribution in [0.2, 0.25) is 0 Å². The number of fused-ring (bicyclic) bond motifs is 1. The predicted octanol–water partition coefficient (Wildman–Crippen LogP) is 3.87. The zero-order valence-electron chi connectivity index (χ0n) is 13.7. The quantitative estimate of drug-likeness (QED) is 0.669. The van der Waals surface area contributed by atoms with E-state index >= 15 is 0 Å². The number of allylic oxidation sites excluding steroid dienone is 1. The van der Waals surface area contributed by atoms with Crippen molar-refractivity contribution >= 4 is 17.9 Å². The van der Waals surface area contributed by atoms with Crippen molar-refractivity contribution < 1.29 is 22.8 Å². The summed E-state index contributed by atoms with van der Waals surface area (Å²) < 4.78 is 22.3. The highest BCUT2D eigenvalue weighted by Crippen LogP contribution is 2.44. The van der Waals surface area contributed by atoms with Gasteiger partial charge in [-0.1, -0.05) is 0 Å². The van der Waals surface area contributed by atoms with Crippen LogP contribution in [0.4, 0.5) is 0 Å². The van der Waals surface area contributed by atoms with Gasteiger partial charge in [0.25, 0.3) is 0 Å². The molecule has 0 amide bonds. The van der Waals surface area contributed by atoms with Crippen molar-refractivity contribution in [3.63, 3.8) is 0 Å². The molecule has 26 heavy (non-hydrogen) atoms. The lowest BCUT2D eigenvalue weighted by atomic mass is 10.1. The molecule has 0 aromatic carbocycles. The molecule has 3 aromatic rings. The van der Waals surface area contributed by atoms with Crippen molar-refractivity contribution in [2.24, 2.45) is 0 Å². The van der Waals surface area contributed by atoms with Gasteiger partial charge in [-0.25, -0.2) is 0 Å². The Morgan fingerprint density at radius 1 is 0.923 bits per heavy atom. The van der Waals surface area contributed by atoms with Crippen LogP contribution in [0.1, 0.15) is 23.5 Å².